The average molecular weight is 395 g/mol. The molecule has 2 amide bonds. The molecule has 3 rings (SSSR count). The molecule has 2 aromatic rings. The second-order valence-corrected chi connectivity index (χ2v) is 6.42. The van der Waals surface area contributed by atoms with Crippen LogP contribution in [0, 0.1) is 0 Å². The Bertz CT molecular complexity index is 829. The molecule has 1 aliphatic rings. The SMILES string of the molecule is O=C(COc1cc(Cl)ccc1Cl)NCc1cccc(N2CCOC2=O)c1. The largest absolute Gasteiger partial charge is 0.482 e. The van der Waals surface area contributed by atoms with E-state index in [4.69, 9.17) is 32.7 Å². The van der Waals surface area contributed by atoms with E-state index in [0.29, 0.717) is 35.5 Å². The topological polar surface area (TPSA) is 67.9 Å². The Morgan fingerprint density at radius 3 is 2.85 bits per heavy atom. The molecule has 8 heteroatoms. The molecule has 26 heavy (non-hydrogen) atoms. The molecule has 1 aliphatic heterocycles. The zero-order valence-electron chi connectivity index (χ0n) is 13.7. The second kappa shape index (κ2) is 8.29. The molecule has 1 saturated heterocycles. The molecule has 0 radical (unpaired) electrons. The molecule has 1 fully saturated rings. The molecule has 2 aromatic carbocycles. The highest BCUT2D eigenvalue weighted by Gasteiger charge is 2.23. The number of cyclic esters (lactones) is 1. The van der Waals surface area contributed by atoms with Crippen molar-refractivity contribution >= 4 is 40.9 Å². The quantitative estimate of drug-likeness (QED) is 0.811. The summed E-state index contributed by atoms with van der Waals surface area (Å²) in [6.07, 6.45) is -0.363. The Kier molecular flexibility index (Phi) is 5.85. The Hall–Kier alpha value is -2.44. The van der Waals surface area contributed by atoms with Crippen LogP contribution < -0.4 is 15.0 Å². The number of carbonyl (C=O) groups excluding carboxylic acids is 2. The molecule has 0 aliphatic carbocycles. The highest BCUT2D eigenvalue weighted by Crippen LogP contribution is 2.27. The number of benzene rings is 2. The lowest BCUT2D eigenvalue weighted by atomic mass is 10.2. The normalized spacial score (nSPS) is 13.5. The van der Waals surface area contributed by atoms with Crippen LogP contribution >= 0.6 is 23.2 Å². The number of amides is 2. The summed E-state index contributed by atoms with van der Waals surface area (Å²) in [6.45, 7) is 1.02. The van der Waals surface area contributed by atoms with Gasteiger partial charge in [0.1, 0.15) is 12.4 Å². The summed E-state index contributed by atoms with van der Waals surface area (Å²) in [5.74, 6) is 0.0517. The van der Waals surface area contributed by atoms with Crippen molar-refractivity contribution in [1.82, 2.24) is 5.32 Å². The average Bonchev–Trinajstić information content (AvgIpc) is 3.07. The molecule has 0 atom stereocenters. The van der Waals surface area contributed by atoms with Crippen molar-refractivity contribution in [3.63, 3.8) is 0 Å². The van der Waals surface area contributed by atoms with E-state index in [1.54, 1.807) is 23.1 Å². The number of hydrogen-bond donors (Lipinski definition) is 1. The van der Waals surface area contributed by atoms with Crippen molar-refractivity contribution in [2.45, 2.75) is 6.54 Å². The van der Waals surface area contributed by atoms with Crippen LogP contribution in [0.25, 0.3) is 0 Å². The molecule has 0 spiro atoms. The van der Waals surface area contributed by atoms with E-state index in [1.807, 2.05) is 24.3 Å². The van der Waals surface area contributed by atoms with Gasteiger partial charge < -0.3 is 14.8 Å². The third kappa shape index (κ3) is 4.59. The number of hydrogen-bond acceptors (Lipinski definition) is 4. The van der Waals surface area contributed by atoms with Crippen molar-refractivity contribution in [2.24, 2.45) is 0 Å². The number of nitrogens with zero attached hydrogens (tertiary/aromatic N) is 1. The number of anilines is 1. The lowest BCUT2D eigenvalue weighted by Crippen LogP contribution is -2.28. The molecule has 6 nitrogen and oxygen atoms in total. The van der Waals surface area contributed by atoms with Gasteiger partial charge in [-0.25, -0.2) is 4.79 Å². The summed E-state index contributed by atoms with van der Waals surface area (Å²) in [7, 11) is 0. The standard InChI is InChI=1S/C18H16Cl2N2O4/c19-13-4-5-15(20)16(9-13)26-11-17(23)21-10-12-2-1-3-14(8-12)22-6-7-25-18(22)24/h1-5,8-9H,6-7,10-11H2,(H,21,23). The molecular weight excluding hydrogens is 379 g/mol. The fraction of sp³-hybridized carbons (Fsp3) is 0.222. The van der Waals surface area contributed by atoms with E-state index in [0.717, 1.165) is 11.3 Å². The van der Waals surface area contributed by atoms with E-state index in [-0.39, 0.29) is 18.6 Å². The lowest BCUT2D eigenvalue weighted by molar-refractivity contribution is -0.123. The van der Waals surface area contributed by atoms with Crippen LogP contribution in [0.15, 0.2) is 42.5 Å². The minimum absolute atomic E-state index is 0.182. The van der Waals surface area contributed by atoms with Gasteiger partial charge >= 0.3 is 6.09 Å². The van der Waals surface area contributed by atoms with Crippen molar-refractivity contribution in [3.05, 3.63) is 58.1 Å². The molecule has 0 bridgehead atoms. The number of carbonyl (C=O) groups is 2. The summed E-state index contributed by atoms with van der Waals surface area (Å²) >= 11 is 11.9. The van der Waals surface area contributed by atoms with Crippen molar-refractivity contribution in [2.75, 3.05) is 24.7 Å². The Morgan fingerprint density at radius 1 is 1.23 bits per heavy atom. The van der Waals surface area contributed by atoms with Gasteiger partial charge in [0.25, 0.3) is 5.91 Å². The highest BCUT2D eigenvalue weighted by atomic mass is 35.5. The van der Waals surface area contributed by atoms with Gasteiger partial charge in [-0.05, 0) is 29.8 Å². The first-order valence-corrected chi connectivity index (χ1v) is 8.66. The summed E-state index contributed by atoms with van der Waals surface area (Å²) in [4.78, 5) is 25.2. The summed E-state index contributed by atoms with van der Waals surface area (Å²) < 4.78 is 10.3. The first-order chi connectivity index (χ1) is 12.5. The van der Waals surface area contributed by atoms with Gasteiger partial charge in [0, 0.05) is 23.3 Å². The monoisotopic (exact) mass is 394 g/mol. The Morgan fingerprint density at radius 2 is 2.08 bits per heavy atom. The van der Waals surface area contributed by atoms with E-state index in [9.17, 15) is 9.59 Å². The third-order valence-electron chi connectivity index (χ3n) is 3.72. The predicted molar refractivity (Wildman–Crippen MR) is 98.9 cm³/mol. The van der Waals surface area contributed by atoms with Crippen molar-refractivity contribution < 1.29 is 19.1 Å². The fourth-order valence-electron chi connectivity index (χ4n) is 2.45. The maximum Gasteiger partial charge on any atom is 0.414 e. The second-order valence-electron chi connectivity index (χ2n) is 5.58. The van der Waals surface area contributed by atoms with Gasteiger partial charge in [-0.1, -0.05) is 35.3 Å². The highest BCUT2D eigenvalue weighted by molar-refractivity contribution is 6.34. The maximum absolute atomic E-state index is 12.0. The van der Waals surface area contributed by atoms with Crippen molar-refractivity contribution in [3.8, 4) is 5.75 Å². The first kappa shape index (κ1) is 18.4. The lowest BCUT2D eigenvalue weighted by Gasteiger charge is -2.14. The van der Waals surface area contributed by atoms with Gasteiger partial charge in [0.15, 0.2) is 6.61 Å². The van der Waals surface area contributed by atoms with E-state index in [2.05, 4.69) is 5.32 Å². The maximum atomic E-state index is 12.0. The van der Waals surface area contributed by atoms with Gasteiger partial charge in [-0.2, -0.15) is 0 Å². The zero-order valence-corrected chi connectivity index (χ0v) is 15.2. The third-order valence-corrected chi connectivity index (χ3v) is 4.27. The molecule has 136 valence electrons. The molecular formula is C18H16Cl2N2O4. The van der Waals surface area contributed by atoms with E-state index in [1.165, 1.54) is 0 Å². The fourth-order valence-corrected chi connectivity index (χ4v) is 2.78. The molecule has 0 aromatic heterocycles. The van der Waals surface area contributed by atoms with Crippen LogP contribution in [0.4, 0.5) is 10.5 Å². The number of rotatable bonds is 6. The van der Waals surface area contributed by atoms with E-state index >= 15 is 0 Å². The number of halogens is 2. The minimum Gasteiger partial charge on any atom is -0.482 e. The van der Waals surface area contributed by atoms with Crippen LogP contribution in [-0.2, 0) is 16.1 Å². The number of ether oxygens (including phenoxy) is 2. The van der Waals surface area contributed by atoms with Crippen LogP contribution in [0.1, 0.15) is 5.56 Å². The van der Waals surface area contributed by atoms with Crippen LogP contribution in [0.3, 0.4) is 0 Å². The minimum atomic E-state index is -0.363. The van der Waals surface area contributed by atoms with Gasteiger partial charge in [0.2, 0.25) is 0 Å². The molecule has 1 N–H and O–H groups in total. The van der Waals surface area contributed by atoms with Crippen LogP contribution in [-0.4, -0.2) is 31.8 Å². The van der Waals surface area contributed by atoms with Crippen LogP contribution in [0.5, 0.6) is 5.75 Å². The van der Waals surface area contributed by atoms with Gasteiger partial charge in [-0.3, -0.25) is 9.69 Å². The number of nitrogens with one attached hydrogen (secondary N) is 1. The van der Waals surface area contributed by atoms with Gasteiger partial charge in [0.05, 0.1) is 11.6 Å². The summed E-state index contributed by atoms with van der Waals surface area (Å²) in [6, 6.07) is 12.1. The summed E-state index contributed by atoms with van der Waals surface area (Å²) in [5, 5.41) is 3.61. The smallest absolute Gasteiger partial charge is 0.414 e. The summed E-state index contributed by atoms with van der Waals surface area (Å²) in [5.41, 5.74) is 1.59. The molecule has 1 heterocycles. The van der Waals surface area contributed by atoms with Crippen LogP contribution in [0.2, 0.25) is 10.0 Å². The van der Waals surface area contributed by atoms with E-state index < -0.39 is 0 Å². The Balaban J connectivity index is 1.53. The van der Waals surface area contributed by atoms with Crippen molar-refractivity contribution in [1.29, 1.82) is 0 Å². The Labute approximate surface area is 160 Å². The van der Waals surface area contributed by atoms with Gasteiger partial charge in [-0.15, -0.1) is 0 Å². The zero-order chi connectivity index (χ0) is 18.5. The predicted octanol–water partition coefficient (Wildman–Crippen LogP) is 3.65. The first-order valence-electron chi connectivity index (χ1n) is 7.91. The molecule has 0 saturated carbocycles. The molecule has 0 unspecified atom stereocenters.